The molecule has 0 spiro atoms. The van der Waals surface area contributed by atoms with E-state index in [1.807, 2.05) is 25.1 Å². The average Bonchev–Trinajstić information content (AvgIpc) is 2.67. The maximum Gasteiger partial charge on any atom is 0.341 e. The molecule has 0 saturated carbocycles. The zero-order chi connectivity index (χ0) is 21.4. The van der Waals surface area contributed by atoms with Crippen molar-refractivity contribution in [1.29, 1.82) is 5.26 Å². The first-order valence-corrected chi connectivity index (χ1v) is 9.44. The zero-order valence-electron chi connectivity index (χ0n) is 15.9. The number of ether oxygens (including phenoxy) is 2. The number of carbonyl (C=O) groups excluding carboxylic acids is 1. The molecule has 0 aliphatic heterocycles. The van der Waals surface area contributed by atoms with Crippen LogP contribution in [0.4, 0.5) is 5.69 Å². The molecule has 150 valence electrons. The van der Waals surface area contributed by atoms with Crippen LogP contribution in [0.5, 0.6) is 11.5 Å². The number of nitriles is 1. The minimum absolute atomic E-state index is 0.0980. The highest BCUT2D eigenvalue weighted by molar-refractivity contribution is 9.10. The molecule has 0 aliphatic rings. The van der Waals surface area contributed by atoms with Gasteiger partial charge in [0.1, 0.15) is 11.6 Å². The fourth-order valence-electron chi connectivity index (χ4n) is 2.36. The van der Waals surface area contributed by atoms with Gasteiger partial charge in [-0.3, -0.25) is 4.79 Å². The Hall–Kier alpha value is -3.31. The van der Waals surface area contributed by atoms with E-state index in [1.165, 1.54) is 6.08 Å². The second-order valence-corrected chi connectivity index (χ2v) is 6.79. The topological polar surface area (TPSA) is 109 Å². The van der Waals surface area contributed by atoms with Gasteiger partial charge in [-0.1, -0.05) is 17.7 Å². The summed E-state index contributed by atoms with van der Waals surface area (Å²) in [6.07, 6.45) is 1.41. The van der Waals surface area contributed by atoms with Gasteiger partial charge in [0.2, 0.25) is 0 Å². The van der Waals surface area contributed by atoms with Crippen molar-refractivity contribution in [1.82, 2.24) is 0 Å². The van der Waals surface area contributed by atoms with Crippen LogP contribution in [0.25, 0.3) is 6.08 Å². The van der Waals surface area contributed by atoms with Crippen molar-refractivity contribution in [3.05, 3.63) is 57.6 Å². The summed E-state index contributed by atoms with van der Waals surface area (Å²) in [4.78, 5) is 23.2. The molecule has 2 N–H and O–H groups in total. The number of amides is 1. The van der Waals surface area contributed by atoms with Gasteiger partial charge in [-0.05, 0) is 65.7 Å². The van der Waals surface area contributed by atoms with Crippen molar-refractivity contribution in [2.24, 2.45) is 0 Å². The number of rotatable bonds is 8. The molecule has 29 heavy (non-hydrogen) atoms. The van der Waals surface area contributed by atoms with Gasteiger partial charge in [0.25, 0.3) is 5.91 Å². The number of nitrogens with one attached hydrogen (secondary N) is 1. The van der Waals surface area contributed by atoms with E-state index in [0.717, 1.165) is 5.56 Å². The second-order valence-electron chi connectivity index (χ2n) is 5.94. The highest BCUT2D eigenvalue weighted by atomic mass is 79.9. The van der Waals surface area contributed by atoms with Crippen LogP contribution in [0.1, 0.15) is 18.1 Å². The molecular formula is C21H19BrN2O5. The van der Waals surface area contributed by atoms with Crippen molar-refractivity contribution >= 4 is 39.6 Å². The summed E-state index contributed by atoms with van der Waals surface area (Å²) in [5, 5.41) is 20.9. The summed E-state index contributed by atoms with van der Waals surface area (Å²) in [6.45, 7) is 3.50. The molecule has 0 atom stereocenters. The number of hydrogen-bond acceptors (Lipinski definition) is 5. The van der Waals surface area contributed by atoms with Crippen LogP contribution >= 0.6 is 15.9 Å². The van der Waals surface area contributed by atoms with Gasteiger partial charge in [-0.15, -0.1) is 0 Å². The monoisotopic (exact) mass is 458 g/mol. The Kier molecular flexibility index (Phi) is 7.80. The molecule has 0 saturated heterocycles. The van der Waals surface area contributed by atoms with Crippen molar-refractivity contribution in [2.75, 3.05) is 18.5 Å². The van der Waals surface area contributed by atoms with E-state index >= 15 is 0 Å². The fourth-order valence-corrected chi connectivity index (χ4v) is 2.93. The normalized spacial score (nSPS) is 10.8. The molecule has 2 rings (SSSR count). The van der Waals surface area contributed by atoms with Crippen LogP contribution in [-0.2, 0) is 9.59 Å². The Morgan fingerprint density at radius 2 is 1.93 bits per heavy atom. The highest BCUT2D eigenvalue weighted by Gasteiger charge is 2.15. The van der Waals surface area contributed by atoms with Gasteiger partial charge in [0.15, 0.2) is 18.1 Å². The van der Waals surface area contributed by atoms with Crippen LogP contribution in [0.15, 0.2) is 46.4 Å². The Bertz CT molecular complexity index is 978. The van der Waals surface area contributed by atoms with Crippen LogP contribution in [-0.4, -0.2) is 30.2 Å². The SMILES string of the molecule is CCOc1cc(/C=C(\C#N)C(=O)Nc2ccc(C)cc2)cc(Br)c1OCC(=O)O. The van der Waals surface area contributed by atoms with Crippen LogP contribution < -0.4 is 14.8 Å². The molecule has 0 bridgehead atoms. The summed E-state index contributed by atoms with van der Waals surface area (Å²) in [6, 6.07) is 12.3. The predicted molar refractivity (Wildman–Crippen MR) is 112 cm³/mol. The summed E-state index contributed by atoms with van der Waals surface area (Å²) < 4.78 is 11.2. The minimum Gasteiger partial charge on any atom is -0.490 e. The number of halogens is 1. The number of carboxylic acids is 1. The van der Waals surface area contributed by atoms with Gasteiger partial charge in [0, 0.05) is 5.69 Å². The molecule has 7 nitrogen and oxygen atoms in total. The third kappa shape index (κ3) is 6.36. The first-order valence-electron chi connectivity index (χ1n) is 8.64. The summed E-state index contributed by atoms with van der Waals surface area (Å²) in [7, 11) is 0. The van der Waals surface area contributed by atoms with Crippen molar-refractivity contribution in [3.8, 4) is 17.6 Å². The molecule has 1 amide bonds. The average molecular weight is 459 g/mol. The van der Waals surface area contributed by atoms with Crippen LogP contribution in [0, 0.1) is 18.3 Å². The van der Waals surface area contributed by atoms with E-state index in [9.17, 15) is 14.9 Å². The van der Waals surface area contributed by atoms with Gasteiger partial charge in [-0.2, -0.15) is 5.26 Å². The van der Waals surface area contributed by atoms with Crippen LogP contribution in [0.2, 0.25) is 0 Å². The summed E-state index contributed by atoms with van der Waals surface area (Å²) in [5.41, 5.74) is 2.05. The lowest BCUT2D eigenvalue weighted by Gasteiger charge is -2.13. The Morgan fingerprint density at radius 1 is 1.24 bits per heavy atom. The lowest BCUT2D eigenvalue weighted by molar-refractivity contribution is -0.139. The smallest absolute Gasteiger partial charge is 0.341 e. The number of anilines is 1. The lowest BCUT2D eigenvalue weighted by atomic mass is 10.1. The number of hydrogen-bond donors (Lipinski definition) is 2. The first kappa shape index (κ1) is 22.0. The quantitative estimate of drug-likeness (QED) is 0.453. The van der Waals surface area contributed by atoms with Gasteiger partial charge in [0.05, 0.1) is 11.1 Å². The maximum absolute atomic E-state index is 12.4. The third-order valence-electron chi connectivity index (χ3n) is 3.66. The largest absolute Gasteiger partial charge is 0.490 e. The van der Waals surface area contributed by atoms with E-state index in [2.05, 4.69) is 21.2 Å². The van der Waals surface area contributed by atoms with E-state index in [-0.39, 0.29) is 11.3 Å². The Labute approximate surface area is 176 Å². The molecule has 0 heterocycles. The van der Waals surface area contributed by atoms with Crippen molar-refractivity contribution in [2.45, 2.75) is 13.8 Å². The number of nitrogens with zero attached hydrogens (tertiary/aromatic N) is 1. The number of benzene rings is 2. The predicted octanol–water partition coefficient (Wildman–Crippen LogP) is 4.17. The molecule has 8 heteroatoms. The maximum atomic E-state index is 12.4. The van der Waals surface area contributed by atoms with Crippen molar-refractivity contribution < 1.29 is 24.2 Å². The number of aliphatic carboxylic acids is 1. The number of carbonyl (C=O) groups is 2. The standard InChI is InChI=1S/C21H19BrN2O5/c1-3-28-18-10-14(9-17(22)20(18)29-12-19(25)26)8-15(11-23)21(27)24-16-6-4-13(2)5-7-16/h4-10H,3,12H2,1-2H3,(H,24,27)(H,25,26)/b15-8+. The zero-order valence-corrected chi connectivity index (χ0v) is 17.4. The fraction of sp³-hybridized carbons (Fsp3) is 0.190. The molecule has 0 aliphatic carbocycles. The lowest BCUT2D eigenvalue weighted by Crippen LogP contribution is -2.13. The first-order chi connectivity index (χ1) is 13.8. The molecular weight excluding hydrogens is 440 g/mol. The summed E-state index contributed by atoms with van der Waals surface area (Å²) >= 11 is 3.32. The Morgan fingerprint density at radius 3 is 2.52 bits per heavy atom. The number of aryl methyl sites for hydroxylation is 1. The highest BCUT2D eigenvalue weighted by Crippen LogP contribution is 2.37. The van der Waals surface area contributed by atoms with E-state index in [1.54, 1.807) is 31.2 Å². The molecule has 2 aromatic carbocycles. The Balaban J connectivity index is 2.31. The molecule has 0 fully saturated rings. The molecule has 0 unspecified atom stereocenters. The third-order valence-corrected chi connectivity index (χ3v) is 4.25. The van der Waals surface area contributed by atoms with E-state index in [4.69, 9.17) is 14.6 Å². The van der Waals surface area contributed by atoms with Crippen LogP contribution in [0.3, 0.4) is 0 Å². The van der Waals surface area contributed by atoms with Gasteiger partial charge in [-0.25, -0.2) is 4.79 Å². The number of carboxylic acid groups (broad SMARTS) is 1. The molecule has 0 radical (unpaired) electrons. The minimum atomic E-state index is -1.12. The summed E-state index contributed by atoms with van der Waals surface area (Å²) in [5.74, 6) is -1.14. The van der Waals surface area contributed by atoms with E-state index in [0.29, 0.717) is 28.1 Å². The van der Waals surface area contributed by atoms with E-state index < -0.39 is 18.5 Å². The van der Waals surface area contributed by atoms with Gasteiger partial charge < -0.3 is 19.9 Å². The second kappa shape index (κ2) is 10.3. The van der Waals surface area contributed by atoms with Crippen molar-refractivity contribution in [3.63, 3.8) is 0 Å². The van der Waals surface area contributed by atoms with Gasteiger partial charge >= 0.3 is 5.97 Å². The molecule has 0 aromatic heterocycles. The molecule has 2 aromatic rings.